The molecule has 2 heterocycles. The Kier molecular flexibility index (Phi) is 3.96. The van der Waals surface area contributed by atoms with Gasteiger partial charge in [0.25, 0.3) is 11.5 Å². The summed E-state index contributed by atoms with van der Waals surface area (Å²) in [4.78, 5) is 29.5. The van der Waals surface area contributed by atoms with Crippen molar-refractivity contribution in [1.29, 1.82) is 0 Å². The van der Waals surface area contributed by atoms with Gasteiger partial charge in [-0.3, -0.25) is 14.2 Å². The summed E-state index contributed by atoms with van der Waals surface area (Å²) < 4.78 is 1.53. The molecule has 0 saturated heterocycles. The molecule has 0 spiro atoms. The molecule has 6 nitrogen and oxygen atoms in total. The predicted molar refractivity (Wildman–Crippen MR) is 75.7 cm³/mol. The highest BCUT2D eigenvalue weighted by Gasteiger charge is 2.18. The number of amides is 1. The smallest absolute Gasteiger partial charge is 0.262 e. The number of carbonyl (C=O) groups is 1. The molecule has 2 aromatic rings. The summed E-state index contributed by atoms with van der Waals surface area (Å²) in [6.45, 7) is 5.02. The summed E-state index contributed by atoms with van der Waals surface area (Å²) in [6, 6.07) is 0. The number of fused-ring (bicyclic) bond motifs is 1. The van der Waals surface area contributed by atoms with Gasteiger partial charge in [-0.1, -0.05) is 0 Å². The number of hydrogen-bond donors (Lipinski definition) is 2. The van der Waals surface area contributed by atoms with E-state index in [4.69, 9.17) is 5.73 Å². The minimum atomic E-state index is -0.201. The van der Waals surface area contributed by atoms with E-state index in [1.807, 2.05) is 6.92 Å². The molecule has 0 saturated carbocycles. The third-order valence-corrected chi connectivity index (χ3v) is 4.09. The zero-order chi connectivity index (χ0) is 14.0. The second-order valence-corrected chi connectivity index (χ2v) is 5.12. The zero-order valence-corrected chi connectivity index (χ0v) is 11.7. The summed E-state index contributed by atoms with van der Waals surface area (Å²) >= 11 is 1.24. The van der Waals surface area contributed by atoms with Crippen molar-refractivity contribution in [1.82, 2.24) is 14.9 Å². The number of aryl methyl sites for hydroxylation is 2. The lowest BCUT2D eigenvalue weighted by Crippen LogP contribution is -2.28. The molecule has 0 radical (unpaired) electrons. The first-order valence-corrected chi connectivity index (χ1v) is 6.88. The molecule has 7 heteroatoms. The van der Waals surface area contributed by atoms with Crippen LogP contribution >= 0.6 is 11.3 Å². The van der Waals surface area contributed by atoms with Gasteiger partial charge in [-0.15, -0.1) is 11.3 Å². The van der Waals surface area contributed by atoms with Crippen LogP contribution in [0.4, 0.5) is 0 Å². The number of aromatic nitrogens is 2. The first-order chi connectivity index (χ1) is 9.10. The molecular weight excluding hydrogens is 264 g/mol. The van der Waals surface area contributed by atoms with Crippen molar-refractivity contribution in [3.63, 3.8) is 0 Å². The molecule has 2 rings (SSSR count). The lowest BCUT2D eigenvalue weighted by atomic mass is 10.2. The second kappa shape index (κ2) is 5.50. The summed E-state index contributed by atoms with van der Waals surface area (Å²) in [7, 11) is 0. The molecule has 102 valence electrons. The number of nitrogens with one attached hydrogen (secondary N) is 1. The molecule has 0 aliphatic rings. The van der Waals surface area contributed by atoms with Crippen LogP contribution in [-0.2, 0) is 6.54 Å². The van der Waals surface area contributed by atoms with Crippen LogP contribution in [-0.4, -0.2) is 28.5 Å². The Morgan fingerprint density at radius 2 is 2.32 bits per heavy atom. The van der Waals surface area contributed by atoms with E-state index in [0.29, 0.717) is 40.3 Å². The average Bonchev–Trinajstić information content (AvgIpc) is 2.74. The van der Waals surface area contributed by atoms with E-state index in [1.165, 1.54) is 22.2 Å². The van der Waals surface area contributed by atoms with Gasteiger partial charge < -0.3 is 11.1 Å². The Morgan fingerprint density at radius 1 is 1.58 bits per heavy atom. The molecule has 2 aromatic heterocycles. The van der Waals surface area contributed by atoms with Gasteiger partial charge in [-0.05, 0) is 19.4 Å². The molecule has 3 N–H and O–H groups in total. The van der Waals surface area contributed by atoms with E-state index in [2.05, 4.69) is 10.3 Å². The van der Waals surface area contributed by atoms with Crippen LogP contribution in [0.5, 0.6) is 0 Å². The first-order valence-electron chi connectivity index (χ1n) is 6.07. The van der Waals surface area contributed by atoms with Crippen LogP contribution < -0.4 is 16.6 Å². The quantitative estimate of drug-likeness (QED) is 0.852. The van der Waals surface area contributed by atoms with Gasteiger partial charge in [-0.2, -0.15) is 0 Å². The van der Waals surface area contributed by atoms with Crippen LogP contribution in [0.2, 0.25) is 0 Å². The van der Waals surface area contributed by atoms with Crippen LogP contribution in [0, 0.1) is 6.92 Å². The summed E-state index contributed by atoms with van der Waals surface area (Å²) in [5, 5.41) is 3.24. The van der Waals surface area contributed by atoms with Crippen molar-refractivity contribution in [3.05, 3.63) is 27.1 Å². The van der Waals surface area contributed by atoms with Gasteiger partial charge in [0.15, 0.2) is 0 Å². The molecule has 0 atom stereocenters. The SMILES string of the molecule is CCn1cnc2sc(C(=O)NCCN)c(C)c2c1=O. The Hall–Kier alpha value is -1.73. The molecule has 1 amide bonds. The molecule has 0 aliphatic heterocycles. The topological polar surface area (TPSA) is 90.0 Å². The van der Waals surface area contributed by atoms with E-state index in [9.17, 15) is 9.59 Å². The van der Waals surface area contributed by atoms with Gasteiger partial charge in [0, 0.05) is 19.6 Å². The van der Waals surface area contributed by atoms with E-state index >= 15 is 0 Å². The number of carbonyl (C=O) groups excluding carboxylic acids is 1. The number of nitrogens with two attached hydrogens (primary N) is 1. The van der Waals surface area contributed by atoms with Crippen molar-refractivity contribution in [2.45, 2.75) is 20.4 Å². The standard InChI is InChI=1S/C12H16N4O2S/c1-3-16-6-15-11-8(12(16)18)7(2)9(19-11)10(17)14-5-4-13/h6H,3-5,13H2,1-2H3,(H,14,17). The maximum absolute atomic E-state index is 12.2. The largest absolute Gasteiger partial charge is 0.350 e. The Bertz CT molecular complexity index is 674. The van der Waals surface area contributed by atoms with E-state index < -0.39 is 0 Å². The Labute approximate surface area is 114 Å². The molecular formula is C12H16N4O2S. The number of hydrogen-bond acceptors (Lipinski definition) is 5. The number of rotatable bonds is 4. The van der Waals surface area contributed by atoms with Crippen molar-refractivity contribution in [3.8, 4) is 0 Å². The summed E-state index contributed by atoms with van der Waals surface area (Å²) in [6.07, 6.45) is 1.52. The fourth-order valence-electron chi connectivity index (χ4n) is 1.87. The maximum atomic E-state index is 12.2. The monoisotopic (exact) mass is 280 g/mol. The summed E-state index contributed by atoms with van der Waals surface area (Å²) in [5.74, 6) is -0.201. The second-order valence-electron chi connectivity index (χ2n) is 4.12. The van der Waals surface area contributed by atoms with Crippen LogP contribution in [0.25, 0.3) is 10.2 Å². The van der Waals surface area contributed by atoms with Gasteiger partial charge in [0.1, 0.15) is 4.83 Å². The maximum Gasteiger partial charge on any atom is 0.262 e. The van der Waals surface area contributed by atoms with E-state index in [1.54, 1.807) is 6.92 Å². The normalized spacial score (nSPS) is 10.9. The van der Waals surface area contributed by atoms with Crippen LogP contribution in [0.1, 0.15) is 22.2 Å². The lowest BCUT2D eigenvalue weighted by molar-refractivity contribution is 0.0958. The molecule has 0 bridgehead atoms. The van der Waals surface area contributed by atoms with Crippen molar-refractivity contribution < 1.29 is 4.79 Å². The highest BCUT2D eigenvalue weighted by atomic mass is 32.1. The van der Waals surface area contributed by atoms with Gasteiger partial charge in [-0.25, -0.2) is 4.98 Å². The molecule has 0 unspecified atom stereocenters. The highest BCUT2D eigenvalue weighted by Crippen LogP contribution is 2.26. The van der Waals surface area contributed by atoms with Gasteiger partial charge in [0.2, 0.25) is 0 Å². The third-order valence-electron chi connectivity index (χ3n) is 2.89. The molecule has 19 heavy (non-hydrogen) atoms. The van der Waals surface area contributed by atoms with Crippen molar-refractivity contribution in [2.24, 2.45) is 5.73 Å². The van der Waals surface area contributed by atoms with Crippen molar-refractivity contribution >= 4 is 27.5 Å². The highest BCUT2D eigenvalue weighted by molar-refractivity contribution is 7.20. The fourth-order valence-corrected chi connectivity index (χ4v) is 2.92. The van der Waals surface area contributed by atoms with E-state index in [0.717, 1.165) is 0 Å². The number of thiophene rings is 1. The molecule has 0 aromatic carbocycles. The van der Waals surface area contributed by atoms with Gasteiger partial charge >= 0.3 is 0 Å². The van der Waals surface area contributed by atoms with Crippen LogP contribution in [0.15, 0.2) is 11.1 Å². The fraction of sp³-hybridized carbons (Fsp3) is 0.417. The molecule has 0 fully saturated rings. The minimum absolute atomic E-state index is 0.0980. The Balaban J connectivity index is 2.54. The zero-order valence-electron chi connectivity index (χ0n) is 10.9. The van der Waals surface area contributed by atoms with Crippen molar-refractivity contribution in [2.75, 3.05) is 13.1 Å². The minimum Gasteiger partial charge on any atom is -0.350 e. The Morgan fingerprint density at radius 3 is 2.95 bits per heavy atom. The third kappa shape index (κ3) is 2.39. The predicted octanol–water partition coefficient (Wildman–Crippen LogP) is 0.475. The van der Waals surface area contributed by atoms with Gasteiger partial charge in [0.05, 0.1) is 16.6 Å². The average molecular weight is 280 g/mol. The lowest BCUT2D eigenvalue weighted by Gasteiger charge is -2.02. The summed E-state index contributed by atoms with van der Waals surface area (Å²) in [5.41, 5.74) is 5.94. The first kappa shape index (κ1) is 13.7. The van der Waals surface area contributed by atoms with E-state index in [-0.39, 0.29) is 11.5 Å². The number of nitrogens with zero attached hydrogens (tertiary/aromatic N) is 2. The molecule has 0 aliphatic carbocycles. The van der Waals surface area contributed by atoms with Crippen LogP contribution in [0.3, 0.4) is 0 Å².